The van der Waals surface area contributed by atoms with Gasteiger partial charge >= 0.3 is 0 Å². The second-order valence-electron chi connectivity index (χ2n) is 9.70. The molecule has 2 aliphatic rings. The van der Waals surface area contributed by atoms with E-state index in [1.165, 1.54) is 11.8 Å². The molecule has 3 aromatic rings. The van der Waals surface area contributed by atoms with Crippen molar-refractivity contribution < 1.29 is 28.5 Å². The van der Waals surface area contributed by atoms with Crippen LogP contribution in [0.15, 0.2) is 40.3 Å². The molecule has 0 fully saturated rings. The molecule has 0 spiro atoms. The Hall–Kier alpha value is -3.93. The van der Waals surface area contributed by atoms with E-state index in [-0.39, 0.29) is 36.7 Å². The second-order valence-corrected chi connectivity index (χ2v) is 10.6. The Kier molecular flexibility index (Phi) is 9.17. The van der Waals surface area contributed by atoms with Crippen LogP contribution in [0.5, 0.6) is 23.0 Å². The molecule has 0 aliphatic carbocycles. The van der Waals surface area contributed by atoms with Gasteiger partial charge in [0.15, 0.2) is 28.2 Å². The van der Waals surface area contributed by atoms with Gasteiger partial charge in [0.2, 0.25) is 25.4 Å². The molecule has 2 amide bonds. The fourth-order valence-corrected chi connectivity index (χ4v) is 5.69. The summed E-state index contributed by atoms with van der Waals surface area (Å²) in [4.78, 5) is 45.1. The number of rotatable bonds is 13. The maximum Gasteiger partial charge on any atom is 0.262 e. The SMILES string of the molecule is CCN(CC)C(=O)CSc1nc2cc3c(cc2c(=O)n1CCCCCC(=O)NCc1ccc2c(c1)OCO2)OCO3. The number of carbonyl (C=O) groups is 2. The minimum absolute atomic E-state index is 0.00153. The average molecular weight is 583 g/mol. The lowest BCUT2D eigenvalue weighted by Gasteiger charge is -2.19. The lowest BCUT2D eigenvalue weighted by Crippen LogP contribution is -2.32. The zero-order valence-electron chi connectivity index (χ0n) is 23.3. The number of benzene rings is 2. The van der Waals surface area contributed by atoms with Crippen molar-refractivity contribution in [2.45, 2.75) is 57.8 Å². The maximum atomic E-state index is 13.5. The summed E-state index contributed by atoms with van der Waals surface area (Å²) in [6, 6.07) is 9.00. The van der Waals surface area contributed by atoms with Gasteiger partial charge < -0.3 is 29.2 Å². The van der Waals surface area contributed by atoms with Crippen LogP contribution in [0.25, 0.3) is 10.9 Å². The number of nitrogens with zero attached hydrogens (tertiary/aromatic N) is 3. The molecule has 1 N–H and O–H groups in total. The first-order valence-corrected chi connectivity index (χ1v) is 14.8. The average Bonchev–Trinajstić information content (AvgIpc) is 3.64. The quantitative estimate of drug-likeness (QED) is 0.183. The van der Waals surface area contributed by atoms with Gasteiger partial charge in [-0.2, -0.15) is 0 Å². The molecule has 218 valence electrons. The lowest BCUT2D eigenvalue weighted by molar-refractivity contribution is -0.128. The van der Waals surface area contributed by atoms with Crippen molar-refractivity contribution in [2.24, 2.45) is 0 Å². The van der Waals surface area contributed by atoms with Crippen molar-refractivity contribution in [3.8, 4) is 23.0 Å². The van der Waals surface area contributed by atoms with Crippen molar-refractivity contribution in [2.75, 3.05) is 32.4 Å². The first kappa shape index (κ1) is 28.6. The van der Waals surface area contributed by atoms with Gasteiger partial charge in [-0.25, -0.2) is 4.98 Å². The van der Waals surface area contributed by atoms with Gasteiger partial charge in [-0.3, -0.25) is 19.0 Å². The second kappa shape index (κ2) is 13.2. The molecule has 11 nitrogen and oxygen atoms in total. The van der Waals surface area contributed by atoms with Crippen LogP contribution in [-0.2, 0) is 22.7 Å². The van der Waals surface area contributed by atoms with E-state index in [9.17, 15) is 14.4 Å². The third-order valence-corrected chi connectivity index (χ3v) is 8.03. The summed E-state index contributed by atoms with van der Waals surface area (Å²) in [6.07, 6.45) is 2.51. The highest BCUT2D eigenvalue weighted by molar-refractivity contribution is 7.99. The number of unbranched alkanes of at least 4 members (excludes halogenated alkanes) is 2. The number of hydrogen-bond donors (Lipinski definition) is 1. The Balaban J connectivity index is 1.18. The van der Waals surface area contributed by atoms with Gasteiger partial charge in [-0.15, -0.1) is 0 Å². The molecular formula is C29H34N4O7S. The van der Waals surface area contributed by atoms with Crippen LogP contribution in [-0.4, -0.2) is 58.7 Å². The Morgan fingerprint density at radius 3 is 2.41 bits per heavy atom. The molecule has 2 aromatic carbocycles. The molecule has 0 unspecified atom stereocenters. The van der Waals surface area contributed by atoms with Crippen molar-refractivity contribution >= 4 is 34.5 Å². The van der Waals surface area contributed by atoms with Gasteiger partial charge in [0.1, 0.15) is 0 Å². The molecule has 41 heavy (non-hydrogen) atoms. The normalized spacial score (nSPS) is 13.0. The highest BCUT2D eigenvalue weighted by atomic mass is 32.2. The number of nitrogens with one attached hydrogen (secondary N) is 1. The predicted octanol–water partition coefficient (Wildman–Crippen LogP) is 3.69. The molecule has 0 radical (unpaired) electrons. The first-order chi connectivity index (χ1) is 20.0. The van der Waals surface area contributed by atoms with Crippen LogP contribution >= 0.6 is 11.8 Å². The molecular weight excluding hydrogens is 548 g/mol. The van der Waals surface area contributed by atoms with Crippen LogP contribution in [0.3, 0.4) is 0 Å². The van der Waals surface area contributed by atoms with Gasteiger partial charge in [0.25, 0.3) is 5.56 Å². The Morgan fingerprint density at radius 2 is 1.66 bits per heavy atom. The van der Waals surface area contributed by atoms with E-state index in [1.54, 1.807) is 21.6 Å². The van der Waals surface area contributed by atoms with E-state index < -0.39 is 0 Å². The number of thioether (sulfide) groups is 1. The van der Waals surface area contributed by atoms with Crippen LogP contribution in [0.1, 0.15) is 45.1 Å². The number of aromatic nitrogens is 2. The van der Waals surface area contributed by atoms with Crippen LogP contribution in [0, 0.1) is 0 Å². The summed E-state index contributed by atoms with van der Waals surface area (Å²) in [6.45, 7) is 6.29. The zero-order chi connectivity index (χ0) is 28.8. The number of carbonyl (C=O) groups excluding carboxylic acids is 2. The molecule has 0 atom stereocenters. The highest BCUT2D eigenvalue weighted by Crippen LogP contribution is 2.35. The third kappa shape index (κ3) is 6.70. The molecule has 3 heterocycles. The Bertz CT molecular complexity index is 1490. The predicted molar refractivity (Wildman–Crippen MR) is 154 cm³/mol. The minimum atomic E-state index is -0.187. The van der Waals surface area contributed by atoms with Gasteiger partial charge in [0.05, 0.1) is 16.7 Å². The summed E-state index contributed by atoms with van der Waals surface area (Å²) in [7, 11) is 0. The summed E-state index contributed by atoms with van der Waals surface area (Å²) < 4.78 is 23.3. The fraction of sp³-hybridized carbons (Fsp3) is 0.448. The number of ether oxygens (including phenoxy) is 4. The topological polar surface area (TPSA) is 121 Å². The van der Waals surface area contributed by atoms with Gasteiger partial charge in [-0.05, 0) is 50.5 Å². The molecule has 0 saturated heterocycles. The van der Waals surface area contributed by atoms with Crippen molar-refractivity contribution in [1.29, 1.82) is 0 Å². The van der Waals surface area contributed by atoms with E-state index in [0.717, 1.165) is 12.0 Å². The van der Waals surface area contributed by atoms with Crippen molar-refractivity contribution in [3.05, 3.63) is 46.2 Å². The molecule has 12 heteroatoms. The molecule has 2 aliphatic heterocycles. The molecule has 5 rings (SSSR count). The summed E-state index contributed by atoms with van der Waals surface area (Å²) in [5.41, 5.74) is 1.26. The van der Waals surface area contributed by atoms with Crippen molar-refractivity contribution in [3.63, 3.8) is 0 Å². The van der Waals surface area contributed by atoms with E-state index in [2.05, 4.69) is 5.32 Å². The number of fused-ring (bicyclic) bond motifs is 3. The highest BCUT2D eigenvalue weighted by Gasteiger charge is 2.20. The zero-order valence-corrected chi connectivity index (χ0v) is 24.1. The van der Waals surface area contributed by atoms with Gasteiger partial charge in [-0.1, -0.05) is 24.2 Å². The van der Waals surface area contributed by atoms with Crippen LogP contribution in [0.2, 0.25) is 0 Å². The van der Waals surface area contributed by atoms with E-state index >= 15 is 0 Å². The van der Waals surface area contributed by atoms with E-state index in [4.69, 9.17) is 23.9 Å². The van der Waals surface area contributed by atoms with Crippen molar-refractivity contribution in [1.82, 2.24) is 19.8 Å². The largest absolute Gasteiger partial charge is 0.454 e. The van der Waals surface area contributed by atoms with Gasteiger partial charge in [0, 0.05) is 38.7 Å². The Morgan fingerprint density at radius 1 is 0.951 bits per heavy atom. The summed E-state index contributed by atoms with van der Waals surface area (Å²) in [5, 5.41) is 3.87. The smallest absolute Gasteiger partial charge is 0.262 e. The lowest BCUT2D eigenvalue weighted by atomic mass is 10.1. The number of amides is 2. The minimum Gasteiger partial charge on any atom is -0.454 e. The first-order valence-electron chi connectivity index (χ1n) is 13.9. The third-order valence-electron chi connectivity index (χ3n) is 7.07. The summed E-state index contributed by atoms with van der Waals surface area (Å²) >= 11 is 1.26. The maximum absolute atomic E-state index is 13.5. The van der Waals surface area contributed by atoms with E-state index in [1.807, 2.05) is 32.0 Å². The molecule has 0 bridgehead atoms. The monoisotopic (exact) mass is 582 g/mol. The van der Waals surface area contributed by atoms with Crippen LogP contribution in [0.4, 0.5) is 0 Å². The molecule has 0 saturated carbocycles. The summed E-state index contributed by atoms with van der Waals surface area (Å²) in [5.74, 6) is 2.63. The Labute approximate surface area is 242 Å². The number of hydrogen-bond acceptors (Lipinski definition) is 9. The van der Waals surface area contributed by atoms with E-state index in [0.29, 0.717) is 84.5 Å². The standard InChI is InChI=1S/C29H34N4O7S/c1-3-32(4-2)27(35)16-41-29-31-21-14-25-24(39-18-40-25)13-20(21)28(36)33(29)11-7-5-6-8-26(34)30-15-19-9-10-22-23(12-19)38-17-37-22/h9-10,12-14H,3-8,11,15-18H2,1-2H3,(H,30,34). The molecule has 1 aromatic heterocycles. The fourth-order valence-electron chi connectivity index (χ4n) is 4.76. The van der Waals surface area contributed by atoms with Crippen LogP contribution < -0.4 is 29.8 Å².